The monoisotopic (exact) mass is 421 g/mol. The van der Waals surface area contributed by atoms with Gasteiger partial charge < -0.3 is 15.5 Å². The molecule has 2 heterocycles. The standard InChI is InChI=1S/C21H35N5O2S/c1-4-22-21(23-15-18-9-13-26(14-10-18)29(3,27)28)24-19-11-12-25(16-19)20-7-5-17(2)6-8-20/h5-8,18-19H,4,9-16H2,1-3H3,(H2,22,23,24). The van der Waals surface area contributed by atoms with Crippen molar-refractivity contribution in [2.75, 3.05) is 50.4 Å². The number of nitrogens with one attached hydrogen (secondary N) is 2. The number of anilines is 1. The van der Waals surface area contributed by atoms with E-state index in [0.717, 1.165) is 51.4 Å². The molecule has 0 aromatic heterocycles. The summed E-state index contributed by atoms with van der Waals surface area (Å²) in [7, 11) is -3.07. The third-order valence-corrected chi connectivity index (χ3v) is 7.13. The first kappa shape index (κ1) is 21.9. The Labute approximate surface area is 175 Å². The number of aliphatic imine (C=N–C) groups is 1. The molecule has 1 aromatic rings. The van der Waals surface area contributed by atoms with Gasteiger partial charge in [0.25, 0.3) is 0 Å². The maximum atomic E-state index is 11.7. The summed E-state index contributed by atoms with van der Waals surface area (Å²) in [4.78, 5) is 7.22. The molecular formula is C21H35N5O2S. The summed E-state index contributed by atoms with van der Waals surface area (Å²) >= 11 is 0. The minimum absolute atomic E-state index is 0.376. The number of benzene rings is 1. The second-order valence-corrected chi connectivity index (χ2v) is 10.2. The lowest BCUT2D eigenvalue weighted by molar-refractivity contribution is 0.280. The highest BCUT2D eigenvalue weighted by Crippen LogP contribution is 2.21. The molecular weight excluding hydrogens is 386 g/mol. The van der Waals surface area contributed by atoms with Gasteiger partial charge in [0.15, 0.2) is 5.96 Å². The zero-order chi connectivity index (χ0) is 20.9. The number of hydrogen-bond donors (Lipinski definition) is 2. The SMILES string of the molecule is CCNC(=NCC1CCN(S(C)(=O)=O)CC1)NC1CCN(c2ccc(C)cc2)C1. The molecule has 162 valence electrons. The van der Waals surface area contributed by atoms with Crippen LogP contribution in [0.15, 0.2) is 29.3 Å². The molecule has 0 amide bonds. The average molecular weight is 422 g/mol. The van der Waals surface area contributed by atoms with Gasteiger partial charge in [0.05, 0.1) is 6.26 Å². The summed E-state index contributed by atoms with van der Waals surface area (Å²) in [5, 5.41) is 6.95. The fraction of sp³-hybridized carbons (Fsp3) is 0.667. The van der Waals surface area contributed by atoms with E-state index in [1.165, 1.54) is 17.5 Å². The van der Waals surface area contributed by atoms with Gasteiger partial charge in [-0.1, -0.05) is 17.7 Å². The Hall–Kier alpha value is -1.80. The Morgan fingerprint density at radius 2 is 1.83 bits per heavy atom. The van der Waals surface area contributed by atoms with Gasteiger partial charge >= 0.3 is 0 Å². The van der Waals surface area contributed by atoms with E-state index in [-0.39, 0.29) is 0 Å². The summed E-state index contributed by atoms with van der Waals surface area (Å²) in [6.07, 6.45) is 4.13. The van der Waals surface area contributed by atoms with Crippen molar-refractivity contribution in [3.63, 3.8) is 0 Å². The fourth-order valence-corrected chi connectivity index (χ4v) is 4.90. The Morgan fingerprint density at radius 1 is 1.14 bits per heavy atom. The van der Waals surface area contributed by atoms with Crippen molar-refractivity contribution < 1.29 is 8.42 Å². The lowest BCUT2D eigenvalue weighted by atomic mass is 9.98. The van der Waals surface area contributed by atoms with Crippen molar-refractivity contribution in [2.24, 2.45) is 10.9 Å². The number of guanidine groups is 1. The van der Waals surface area contributed by atoms with Crippen LogP contribution >= 0.6 is 0 Å². The molecule has 8 heteroatoms. The molecule has 0 radical (unpaired) electrons. The molecule has 0 saturated carbocycles. The summed E-state index contributed by atoms with van der Waals surface area (Å²) in [6.45, 7) is 8.99. The van der Waals surface area contributed by atoms with Crippen molar-refractivity contribution in [1.82, 2.24) is 14.9 Å². The van der Waals surface area contributed by atoms with Crippen LogP contribution in [0.1, 0.15) is 31.7 Å². The number of rotatable bonds is 6. The van der Waals surface area contributed by atoms with Crippen LogP contribution in [0.4, 0.5) is 5.69 Å². The van der Waals surface area contributed by atoms with E-state index in [0.29, 0.717) is 25.0 Å². The number of piperidine rings is 1. The Bertz CT molecular complexity index is 786. The van der Waals surface area contributed by atoms with E-state index < -0.39 is 10.0 Å². The van der Waals surface area contributed by atoms with Gasteiger partial charge in [0.2, 0.25) is 10.0 Å². The average Bonchev–Trinajstić information content (AvgIpc) is 3.15. The molecule has 1 atom stereocenters. The van der Waals surface area contributed by atoms with Crippen LogP contribution in [-0.4, -0.2) is 70.2 Å². The van der Waals surface area contributed by atoms with Crippen LogP contribution in [0.2, 0.25) is 0 Å². The zero-order valence-corrected chi connectivity index (χ0v) is 18.7. The smallest absolute Gasteiger partial charge is 0.211 e. The van der Waals surface area contributed by atoms with E-state index in [2.05, 4.69) is 53.6 Å². The van der Waals surface area contributed by atoms with Crippen LogP contribution in [0.25, 0.3) is 0 Å². The van der Waals surface area contributed by atoms with Gasteiger partial charge in [-0.25, -0.2) is 12.7 Å². The molecule has 1 aromatic carbocycles. The minimum Gasteiger partial charge on any atom is -0.369 e. The van der Waals surface area contributed by atoms with Gasteiger partial charge in [-0.3, -0.25) is 4.99 Å². The molecule has 3 rings (SSSR count). The predicted octanol–water partition coefficient (Wildman–Crippen LogP) is 1.80. The first-order valence-electron chi connectivity index (χ1n) is 10.7. The normalized spacial score (nSPS) is 22.1. The quantitative estimate of drug-likeness (QED) is 0.541. The molecule has 0 spiro atoms. The molecule has 1 unspecified atom stereocenters. The van der Waals surface area contributed by atoms with Gasteiger partial charge in [-0.05, 0) is 51.2 Å². The van der Waals surface area contributed by atoms with Crippen LogP contribution in [0.3, 0.4) is 0 Å². The number of nitrogens with zero attached hydrogens (tertiary/aromatic N) is 3. The van der Waals surface area contributed by atoms with E-state index in [1.807, 2.05) is 0 Å². The van der Waals surface area contributed by atoms with Gasteiger partial charge in [0.1, 0.15) is 0 Å². The summed E-state index contributed by atoms with van der Waals surface area (Å²) in [6, 6.07) is 9.09. The first-order chi connectivity index (χ1) is 13.8. The number of sulfonamides is 1. The van der Waals surface area contributed by atoms with Crippen LogP contribution in [-0.2, 0) is 10.0 Å². The molecule has 2 N–H and O–H groups in total. The van der Waals surface area contributed by atoms with Crippen molar-refractivity contribution >= 4 is 21.7 Å². The highest BCUT2D eigenvalue weighted by Gasteiger charge is 2.26. The molecule has 2 saturated heterocycles. The van der Waals surface area contributed by atoms with Crippen molar-refractivity contribution in [2.45, 2.75) is 39.2 Å². The second kappa shape index (κ2) is 9.80. The third kappa shape index (κ3) is 6.34. The molecule has 2 aliphatic heterocycles. The Kier molecular flexibility index (Phi) is 7.40. The molecule has 2 aliphatic rings. The maximum absolute atomic E-state index is 11.7. The number of hydrogen-bond acceptors (Lipinski definition) is 4. The molecule has 29 heavy (non-hydrogen) atoms. The highest BCUT2D eigenvalue weighted by molar-refractivity contribution is 7.88. The third-order valence-electron chi connectivity index (χ3n) is 5.82. The van der Waals surface area contributed by atoms with Gasteiger partial charge in [0, 0.05) is 51.0 Å². The van der Waals surface area contributed by atoms with Crippen LogP contribution < -0.4 is 15.5 Å². The van der Waals surface area contributed by atoms with Crippen LogP contribution in [0, 0.1) is 12.8 Å². The zero-order valence-electron chi connectivity index (χ0n) is 17.9. The van der Waals surface area contributed by atoms with E-state index in [1.54, 1.807) is 4.31 Å². The molecule has 0 aliphatic carbocycles. The lowest BCUT2D eigenvalue weighted by Crippen LogP contribution is -2.45. The topological polar surface area (TPSA) is 77.0 Å². The molecule has 2 fully saturated rings. The first-order valence-corrected chi connectivity index (χ1v) is 12.5. The fourth-order valence-electron chi connectivity index (χ4n) is 4.03. The summed E-state index contributed by atoms with van der Waals surface area (Å²) < 4.78 is 24.9. The maximum Gasteiger partial charge on any atom is 0.211 e. The number of aryl methyl sites for hydroxylation is 1. The highest BCUT2D eigenvalue weighted by atomic mass is 32.2. The van der Waals surface area contributed by atoms with Gasteiger partial charge in [-0.15, -0.1) is 0 Å². The van der Waals surface area contributed by atoms with E-state index >= 15 is 0 Å². The minimum atomic E-state index is -3.07. The summed E-state index contributed by atoms with van der Waals surface area (Å²) in [5.74, 6) is 1.31. The predicted molar refractivity (Wildman–Crippen MR) is 120 cm³/mol. The second-order valence-electron chi connectivity index (χ2n) is 8.24. The summed E-state index contributed by atoms with van der Waals surface area (Å²) in [5.41, 5.74) is 2.56. The molecule has 7 nitrogen and oxygen atoms in total. The van der Waals surface area contributed by atoms with Crippen LogP contribution in [0.5, 0.6) is 0 Å². The Morgan fingerprint density at radius 3 is 2.45 bits per heavy atom. The van der Waals surface area contributed by atoms with Crippen molar-refractivity contribution in [3.05, 3.63) is 29.8 Å². The Balaban J connectivity index is 1.50. The van der Waals surface area contributed by atoms with Gasteiger partial charge in [-0.2, -0.15) is 0 Å². The lowest BCUT2D eigenvalue weighted by Gasteiger charge is -2.29. The van der Waals surface area contributed by atoms with E-state index in [4.69, 9.17) is 4.99 Å². The molecule has 0 bridgehead atoms. The largest absolute Gasteiger partial charge is 0.369 e. The van der Waals surface area contributed by atoms with Crippen molar-refractivity contribution in [1.29, 1.82) is 0 Å². The van der Waals surface area contributed by atoms with Crippen molar-refractivity contribution in [3.8, 4) is 0 Å². The van der Waals surface area contributed by atoms with E-state index in [9.17, 15) is 8.42 Å².